The second-order valence-corrected chi connectivity index (χ2v) is 9.52. The number of nitrogens with zero attached hydrogens (tertiary/aromatic N) is 1. The number of H-pyrrole nitrogens is 1. The number of amides is 1. The van der Waals surface area contributed by atoms with Crippen LogP contribution in [-0.2, 0) is 5.41 Å². The first-order valence-corrected chi connectivity index (χ1v) is 11.7. The van der Waals surface area contributed by atoms with Crippen LogP contribution in [0.2, 0.25) is 0 Å². The topological polar surface area (TPSA) is 84.1 Å². The molecule has 0 aliphatic heterocycles. The molecule has 2 aromatic carbocycles. The Morgan fingerprint density at radius 2 is 1.74 bits per heavy atom. The summed E-state index contributed by atoms with van der Waals surface area (Å²) < 4.78 is 42.9. The maximum Gasteiger partial charge on any atom is 0.446 e. The number of methoxy groups -OCH3 is 1. The zero-order valence-electron chi connectivity index (χ0n) is 19.7. The summed E-state index contributed by atoms with van der Waals surface area (Å²) >= 11 is -0.197. The molecule has 0 saturated carbocycles. The molecule has 1 heterocycles. The lowest BCUT2D eigenvalue weighted by atomic mass is 9.83. The summed E-state index contributed by atoms with van der Waals surface area (Å²) in [6, 6.07) is 13.8. The van der Waals surface area contributed by atoms with Crippen LogP contribution in [0, 0.1) is 0 Å². The Labute approximate surface area is 205 Å². The summed E-state index contributed by atoms with van der Waals surface area (Å²) in [6.45, 7) is 5.60. The number of aromatic amines is 1. The number of benzene rings is 2. The molecule has 10 heteroatoms. The maximum atomic E-state index is 13.0. The minimum atomic E-state index is -4.37. The first-order valence-electron chi connectivity index (χ1n) is 10.9. The van der Waals surface area contributed by atoms with Crippen molar-refractivity contribution in [1.29, 1.82) is 0 Å². The van der Waals surface area contributed by atoms with Gasteiger partial charge in [0.05, 0.1) is 13.2 Å². The van der Waals surface area contributed by atoms with Crippen molar-refractivity contribution in [3.8, 4) is 5.75 Å². The second kappa shape index (κ2) is 10.6. The van der Waals surface area contributed by atoms with E-state index in [0.29, 0.717) is 23.6 Å². The van der Waals surface area contributed by atoms with Crippen LogP contribution in [0.5, 0.6) is 5.75 Å². The number of alkyl halides is 3. The number of aromatic nitrogens is 2. The number of nitrogens with one attached hydrogen (secondary N) is 2. The fourth-order valence-corrected chi connectivity index (χ4v) is 4.11. The van der Waals surface area contributed by atoms with E-state index in [1.807, 2.05) is 32.9 Å². The van der Waals surface area contributed by atoms with E-state index in [1.54, 1.807) is 31.4 Å². The molecule has 6 nitrogen and oxygen atoms in total. The van der Waals surface area contributed by atoms with Crippen molar-refractivity contribution in [2.24, 2.45) is 0 Å². The van der Waals surface area contributed by atoms with Crippen LogP contribution in [0.25, 0.3) is 0 Å². The predicted octanol–water partition coefficient (Wildman–Crippen LogP) is 5.60. The Hall–Kier alpha value is -3.27. The van der Waals surface area contributed by atoms with E-state index in [2.05, 4.69) is 15.3 Å². The van der Waals surface area contributed by atoms with Gasteiger partial charge < -0.3 is 15.0 Å². The largest absolute Gasteiger partial charge is 0.497 e. The van der Waals surface area contributed by atoms with Crippen LogP contribution in [0.3, 0.4) is 0 Å². The van der Waals surface area contributed by atoms with Crippen molar-refractivity contribution in [3.63, 3.8) is 0 Å². The molecule has 1 atom stereocenters. The van der Waals surface area contributed by atoms with E-state index in [0.717, 1.165) is 11.6 Å². The zero-order chi connectivity index (χ0) is 25.8. The van der Waals surface area contributed by atoms with E-state index in [9.17, 15) is 22.8 Å². The SMILES string of the molecule is CC[C@@H](NC(=O)c1cc(=O)[nH]c(C(C)(C)c2ccc(OC)cc2)n1)c1ccc(SC(F)(F)F)cc1. The summed E-state index contributed by atoms with van der Waals surface area (Å²) in [4.78, 5) is 32.6. The van der Waals surface area contributed by atoms with E-state index >= 15 is 0 Å². The Bertz CT molecular complexity index is 1220. The van der Waals surface area contributed by atoms with Crippen molar-refractivity contribution < 1.29 is 22.7 Å². The molecule has 3 rings (SSSR count). The van der Waals surface area contributed by atoms with E-state index < -0.39 is 28.4 Å². The quantitative estimate of drug-likeness (QED) is 0.390. The van der Waals surface area contributed by atoms with Crippen LogP contribution in [-0.4, -0.2) is 28.5 Å². The minimum Gasteiger partial charge on any atom is -0.497 e. The van der Waals surface area contributed by atoms with Gasteiger partial charge in [0.2, 0.25) is 0 Å². The average Bonchev–Trinajstić information content (AvgIpc) is 2.81. The number of carbonyl (C=O) groups excluding carboxylic acids is 1. The number of halogens is 3. The Kier molecular flexibility index (Phi) is 7.94. The number of ether oxygens (including phenoxy) is 1. The first-order chi connectivity index (χ1) is 16.4. The van der Waals surface area contributed by atoms with Gasteiger partial charge in [0, 0.05) is 16.4 Å². The number of hydrogen-bond donors (Lipinski definition) is 2. The highest BCUT2D eigenvalue weighted by molar-refractivity contribution is 8.00. The van der Waals surface area contributed by atoms with Crippen LogP contribution < -0.4 is 15.6 Å². The highest BCUT2D eigenvalue weighted by Gasteiger charge is 2.30. The molecule has 35 heavy (non-hydrogen) atoms. The van der Waals surface area contributed by atoms with Crippen LogP contribution in [0.1, 0.15) is 60.7 Å². The molecule has 1 amide bonds. The molecule has 0 spiro atoms. The Morgan fingerprint density at radius 3 is 2.29 bits per heavy atom. The van der Waals surface area contributed by atoms with Crippen LogP contribution in [0.4, 0.5) is 13.2 Å². The van der Waals surface area contributed by atoms with Crippen molar-refractivity contribution >= 4 is 17.7 Å². The van der Waals surface area contributed by atoms with Crippen molar-refractivity contribution in [2.45, 2.75) is 49.1 Å². The summed E-state index contributed by atoms with van der Waals surface area (Å²) in [6.07, 6.45) is 0.491. The predicted molar refractivity (Wildman–Crippen MR) is 129 cm³/mol. The lowest BCUT2D eigenvalue weighted by molar-refractivity contribution is -0.0328. The van der Waals surface area contributed by atoms with Crippen molar-refractivity contribution in [1.82, 2.24) is 15.3 Å². The summed E-state index contributed by atoms with van der Waals surface area (Å²) in [5.74, 6) is 0.458. The number of carbonyl (C=O) groups is 1. The number of thioether (sulfide) groups is 1. The molecule has 186 valence electrons. The smallest absolute Gasteiger partial charge is 0.446 e. The van der Waals surface area contributed by atoms with Gasteiger partial charge in [-0.2, -0.15) is 13.2 Å². The van der Waals surface area contributed by atoms with Gasteiger partial charge in [-0.1, -0.05) is 31.2 Å². The first kappa shape index (κ1) is 26.3. The van der Waals surface area contributed by atoms with Gasteiger partial charge >= 0.3 is 5.51 Å². The zero-order valence-corrected chi connectivity index (χ0v) is 20.5. The van der Waals surface area contributed by atoms with Gasteiger partial charge in [0.25, 0.3) is 11.5 Å². The van der Waals surface area contributed by atoms with Gasteiger partial charge in [-0.3, -0.25) is 9.59 Å². The van der Waals surface area contributed by atoms with Crippen molar-refractivity contribution in [3.05, 3.63) is 87.6 Å². The van der Waals surface area contributed by atoms with E-state index in [1.165, 1.54) is 12.1 Å². The normalized spacial score (nSPS) is 12.8. The van der Waals surface area contributed by atoms with Gasteiger partial charge in [-0.25, -0.2) is 4.98 Å². The number of hydrogen-bond acceptors (Lipinski definition) is 5. The van der Waals surface area contributed by atoms with Gasteiger partial charge in [-0.15, -0.1) is 0 Å². The third kappa shape index (κ3) is 6.66. The molecule has 0 unspecified atom stereocenters. The minimum absolute atomic E-state index is 0.0481. The molecule has 0 fully saturated rings. The molecular formula is C25H26F3N3O3S. The molecule has 0 aliphatic carbocycles. The fraction of sp³-hybridized carbons (Fsp3) is 0.320. The Balaban J connectivity index is 1.83. The summed E-state index contributed by atoms with van der Waals surface area (Å²) in [5, 5.41) is 2.83. The van der Waals surface area contributed by atoms with Gasteiger partial charge in [0.15, 0.2) is 0 Å². The lowest BCUT2D eigenvalue weighted by Crippen LogP contribution is -2.33. The van der Waals surface area contributed by atoms with Crippen LogP contribution in [0.15, 0.2) is 64.3 Å². The Morgan fingerprint density at radius 1 is 1.11 bits per heavy atom. The molecule has 2 N–H and O–H groups in total. The molecule has 0 saturated heterocycles. The molecule has 0 bridgehead atoms. The number of rotatable bonds is 8. The van der Waals surface area contributed by atoms with Gasteiger partial charge in [-0.05, 0) is 67.4 Å². The monoisotopic (exact) mass is 505 g/mol. The molecular weight excluding hydrogens is 479 g/mol. The van der Waals surface area contributed by atoms with E-state index in [4.69, 9.17) is 4.74 Å². The molecule has 0 aliphatic rings. The highest BCUT2D eigenvalue weighted by Crippen LogP contribution is 2.37. The molecule has 3 aromatic rings. The standard InChI is InChI=1S/C25H26F3N3O3S/c1-5-19(15-6-12-18(13-7-15)35-25(26,27)28)29-22(33)20-14-21(32)31-23(30-20)24(2,3)16-8-10-17(34-4)11-9-16/h6-14,19H,5H2,1-4H3,(H,29,33)(H,30,31,32)/t19-/m1/s1. The molecule has 1 aromatic heterocycles. The van der Waals surface area contributed by atoms with Gasteiger partial charge in [0.1, 0.15) is 17.3 Å². The lowest BCUT2D eigenvalue weighted by Gasteiger charge is -2.25. The maximum absolute atomic E-state index is 13.0. The molecule has 0 radical (unpaired) electrons. The second-order valence-electron chi connectivity index (χ2n) is 8.38. The van der Waals surface area contributed by atoms with Crippen LogP contribution >= 0.6 is 11.8 Å². The third-order valence-corrected chi connectivity index (χ3v) is 6.35. The fourth-order valence-electron chi connectivity index (χ4n) is 3.57. The highest BCUT2D eigenvalue weighted by atomic mass is 32.2. The summed E-state index contributed by atoms with van der Waals surface area (Å²) in [7, 11) is 1.57. The third-order valence-electron chi connectivity index (χ3n) is 5.61. The van der Waals surface area contributed by atoms with E-state index in [-0.39, 0.29) is 22.4 Å². The summed E-state index contributed by atoms with van der Waals surface area (Å²) in [5.41, 5.74) is -4.09. The average molecular weight is 506 g/mol. The van der Waals surface area contributed by atoms with Crippen molar-refractivity contribution in [2.75, 3.05) is 7.11 Å².